The first-order chi connectivity index (χ1) is 12.0. The van der Waals surface area contributed by atoms with Gasteiger partial charge in [0, 0.05) is 18.2 Å². The summed E-state index contributed by atoms with van der Waals surface area (Å²) in [7, 11) is 0. The number of benzene rings is 1. The van der Waals surface area contributed by atoms with Gasteiger partial charge in [-0.3, -0.25) is 14.4 Å². The summed E-state index contributed by atoms with van der Waals surface area (Å²) in [6, 6.07) is 6.75. The lowest BCUT2D eigenvalue weighted by atomic mass is 10.1. The molecule has 0 aliphatic carbocycles. The number of hydrogen-bond donors (Lipinski definition) is 2. The van der Waals surface area contributed by atoms with Gasteiger partial charge in [0.2, 0.25) is 17.7 Å². The molecule has 2 aliphatic rings. The molecule has 3 atom stereocenters. The third-order valence-electron chi connectivity index (χ3n) is 4.97. The second-order valence-corrected chi connectivity index (χ2v) is 6.99. The second kappa shape index (κ2) is 7.25. The van der Waals surface area contributed by atoms with E-state index < -0.39 is 12.1 Å². The summed E-state index contributed by atoms with van der Waals surface area (Å²) in [6.07, 6.45) is 3.52. The average molecular weight is 343 g/mol. The number of carbonyl (C=O) groups is 3. The van der Waals surface area contributed by atoms with E-state index in [9.17, 15) is 14.4 Å². The summed E-state index contributed by atoms with van der Waals surface area (Å²) in [5, 5.41) is 5.52. The Kier molecular flexibility index (Phi) is 5.06. The van der Waals surface area contributed by atoms with E-state index in [2.05, 4.69) is 10.6 Å². The highest BCUT2D eigenvalue weighted by Crippen LogP contribution is 2.32. The molecule has 1 fully saturated rings. The van der Waals surface area contributed by atoms with Gasteiger partial charge >= 0.3 is 0 Å². The molecule has 0 saturated carbocycles. The van der Waals surface area contributed by atoms with Crippen LogP contribution in [0.25, 0.3) is 0 Å². The standard InChI is InChI=1S/C19H25N3O3/c1-12-11-14-7-3-5-9-16(14)22(12)19(25)13(2)20-18(24)15-8-4-6-10-17(23)21-15/h3,5,7,9,12-13,15H,4,6,8,10-11H2,1-2H3,(H,20,24)(H,21,23). The first kappa shape index (κ1) is 17.5. The lowest BCUT2D eigenvalue weighted by Crippen LogP contribution is -2.53. The molecule has 1 aromatic carbocycles. The highest BCUT2D eigenvalue weighted by molar-refractivity contribution is 6.01. The average Bonchev–Trinajstić information content (AvgIpc) is 2.75. The minimum atomic E-state index is -0.638. The molecule has 2 N–H and O–H groups in total. The van der Waals surface area contributed by atoms with E-state index >= 15 is 0 Å². The molecule has 1 aromatic rings. The van der Waals surface area contributed by atoms with Crippen LogP contribution in [0.2, 0.25) is 0 Å². The number of fused-ring (bicyclic) bond motifs is 1. The van der Waals surface area contributed by atoms with Crippen LogP contribution in [0.3, 0.4) is 0 Å². The van der Waals surface area contributed by atoms with Gasteiger partial charge in [0.15, 0.2) is 0 Å². The Morgan fingerprint density at radius 1 is 1.28 bits per heavy atom. The van der Waals surface area contributed by atoms with Crippen LogP contribution in [0, 0.1) is 0 Å². The van der Waals surface area contributed by atoms with Crippen LogP contribution in [0.5, 0.6) is 0 Å². The van der Waals surface area contributed by atoms with Gasteiger partial charge in [0.25, 0.3) is 0 Å². The van der Waals surface area contributed by atoms with Crippen LogP contribution in [-0.2, 0) is 20.8 Å². The van der Waals surface area contributed by atoms with Crippen molar-refractivity contribution in [2.24, 2.45) is 0 Å². The second-order valence-electron chi connectivity index (χ2n) is 6.99. The predicted octanol–water partition coefficient (Wildman–Crippen LogP) is 1.53. The molecule has 25 heavy (non-hydrogen) atoms. The number of para-hydroxylation sites is 1. The van der Waals surface area contributed by atoms with E-state index in [-0.39, 0.29) is 23.8 Å². The maximum Gasteiger partial charge on any atom is 0.249 e. The van der Waals surface area contributed by atoms with E-state index in [1.54, 1.807) is 11.8 Å². The summed E-state index contributed by atoms with van der Waals surface area (Å²) in [5.41, 5.74) is 2.07. The van der Waals surface area contributed by atoms with E-state index in [4.69, 9.17) is 0 Å². The van der Waals surface area contributed by atoms with E-state index in [1.807, 2.05) is 31.2 Å². The number of hydrogen-bond acceptors (Lipinski definition) is 3. The molecule has 0 aromatic heterocycles. The molecule has 2 aliphatic heterocycles. The van der Waals surface area contributed by atoms with Gasteiger partial charge in [0.1, 0.15) is 12.1 Å². The zero-order chi connectivity index (χ0) is 18.0. The molecule has 6 nitrogen and oxygen atoms in total. The number of rotatable bonds is 3. The SMILES string of the molecule is CC(NC(=O)C1CCCCC(=O)N1)C(=O)N1c2ccccc2CC1C. The molecule has 0 radical (unpaired) electrons. The molecule has 0 spiro atoms. The van der Waals surface area contributed by atoms with Crippen molar-refractivity contribution in [3.05, 3.63) is 29.8 Å². The van der Waals surface area contributed by atoms with Crippen LogP contribution in [0.1, 0.15) is 45.1 Å². The van der Waals surface area contributed by atoms with Crippen molar-refractivity contribution in [1.82, 2.24) is 10.6 Å². The summed E-state index contributed by atoms with van der Waals surface area (Å²) in [6.45, 7) is 3.71. The summed E-state index contributed by atoms with van der Waals surface area (Å²) >= 11 is 0. The maximum atomic E-state index is 12.9. The van der Waals surface area contributed by atoms with Crippen LogP contribution >= 0.6 is 0 Å². The fraction of sp³-hybridized carbons (Fsp3) is 0.526. The molecule has 1 saturated heterocycles. The fourth-order valence-corrected chi connectivity index (χ4v) is 3.66. The molecule has 3 amide bonds. The number of anilines is 1. The van der Waals surface area contributed by atoms with Crippen molar-refractivity contribution < 1.29 is 14.4 Å². The van der Waals surface area contributed by atoms with E-state index in [1.165, 1.54) is 0 Å². The normalized spacial score (nSPS) is 24.1. The first-order valence-corrected chi connectivity index (χ1v) is 8.98. The molecule has 134 valence electrons. The zero-order valence-corrected chi connectivity index (χ0v) is 14.7. The maximum absolute atomic E-state index is 12.9. The largest absolute Gasteiger partial charge is 0.344 e. The van der Waals surface area contributed by atoms with Crippen LogP contribution in [-0.4, -0.2) is 35.8 Å². The highest BCUT2D eigenvalue weighted by atomic mass is 16.2. The van der Waals surface area contributed by atoms with Crippen LogP contribution in [0.4, 0.5) is 5.69 Å². The fourth-order valence-electron chi connectivity index (χ4n) is 3.66. The number of nitrogens with one attached hydrogen (secondary N) is 2. The van der Waals surface area contributed by atoms with Gasteiger partial charge in [0.05, 0.1) is 0 Å². The van der Waals surface area contributed by atoms with Crippen molar-refractivity contribution in [2.75, 3.05) is 4.90 Å². The van der Waals surface area contributed by atoms with Crippen molar-refractivity contribution in [2.45, 2.75) is 64.1 Å². The number of amides is 3. The summed E-state index contributed by atoms with van der Waals surface area (Å²) in [5.74, 6) is -0.499. The van der Waals surface area contributed by atoms with Gasteiger partial charge < -0.3 is 15.5 Å². The quantitative estimate of drug-likeness (QED) is 0.873. The Morgan fingerprint density at radius 2 is 2.04 bits per heavy atom. The van der Waals surface area contributed by atoms with Crippen molar-refractivity contribution >= 4 is 23.4 Å². The Hall–Kier alpha value is -2.37. The van der Waals surface area contributed by atoms with Crippen molar-refractivity contribution in [1.29, 1.82) is 0 Å². The molecular weight excluding hydrogens is 318 g/mol. The van der Waals surface area contributed by atoms with Gasteiger partial charge in [-0.2, -0.15) is 0 Å². The molecule has 3 rings (SSSR count). The Morgan fingerprint density at radius 3 is 2.84 bits per heavy atom. The lowest BCUT2D eigenvalue weighted by Gasteiger charge is -2.27. The lowest BCUT2D eigenvalue weighted by molar-refractivity contribution is -0.131. The number of nitrogens with zero attached hydrogens (tertiary/aromatic N) is 1. The van der Waals surface area contributed by atoms with Gasteiger partial charge in [-0.15, -0.1) is 0 Å². The Labute approximate surface area is 148 Å². The summed E-state index contributed by atoms with van der Waals surface area (Å²) < 4.78 is 0. The van der Waals surface area contributed by atoms with Gasteiger partial charge in [-0.05, 0) is 44.7 Å². The van der Waals surface area contributed by atoms with Crippen LogP contribution < -0.4 is 15.5 Å². The topological polar surface area (TPSA) is 78.5 Å². The minimum absolute atomic E-state index is 0.0711. The molecule has 6 heteroatoms. The van der Waals surface area contributed by atoms with Gasteiger partial charge in [-0.1, -0.05) is 24.6 Å². The smallest absolute Gasteiger partial charge is 0.249 e. The highest BCUT2D eigenvalue weighted by Gasteiger charge is 2.34. The van der Waals surface area contributed by atoms with Crippen molar-refractivity contribution in [3.63, 3.8) is 0 Å². The van der Waals surface area contributed by atoms with Crippen molar-refractivity contribution in [3.8, 4) is 0 Å². The summed E-state index contributed by atoms with van der Waals surface area (Å²) in [4.78, 5) is 38.8. The van der Waals surface area contributed by atoms with Gasteiger partial charge in [-0.25, -0.2) is 0 Å². The third kappa shape index (κ3) is 3.67. The van der Waals surface area contributed by atoms with Crippen LogP contribution in [0.15, 0.2) is 24.3 Å². The minimum Gasteiger partial charge on any atom is -0.344 e. The monoisotopic (exact) mass is 343 g/mol. The Bertz CT molecular complexity index is 688. The molecule has 3 unspecified atom stereocenters. The number of carbonyl (C=O) groups excluding carboxylic acids is 3. The predicted molar refractivity (Wildman–Crippen MR) is 95.1 cm³/mol. The Balaban J connectivity index is 1.66. The van der Waals surface area contributed by atoms with E-state index in [0.29, 0.717) is 12.8 Å². The molecule has 0 bridgehead atoms. The zero-order valence-electron chi connectivity index (χ0n) is 14.7. The molecule has 2 heterocycles. The first-order valence-electron chi connectivity index (χ1n) is 8.98. The molecular formula is C19H25N3O3. The van der Waals surface area contributed by atoms with E-state index in [0.717, 1.165) is 30.5 Å². The third-order valence-corrected chi connectivity index (χ3v) is 4.97.